The molecule has 4 aromatic rings. The van der Waals surface area contributed by atoms with Crippen LogP contribution in [0, 0.1) is 5.82 Å². The van der Waals surface area contributed by atoms with Crippen LogP contribution in [-0.4, -0.2) is 23.0 Å². The number of hydrogen-bond acceptors (Lipinski definition) is 5. The molecule has 198 valence electrons. The minimum absolute atomic E-state index is 0.0935. The SMILES string of the molecule is CCC(Sc1cccc(NC(=O)/C(=C/c2ccsc2)NC(=O)c2ccccc2)c1)C(=O)Nc1ccccc1F. The van der Waals surface area contributed by atoms with Gasteiger partial charge in [-0.25, -0.2) is 4.39 Å². The smallest absolute Gasteiger partial charge is 0.272 e. The van der Waals surface area contributed by atoms with Crippen LogP contribution >= 0.6 is 23.1 Å². The van der Waals surface area contributed by atoms with Crippen molar-refractivity contribution in [1.29, 1.82) is 0 Å². The van der Waals surface area contributed by atoms with Gasteiger partial charge >= 0.3 is 0 Å². The number of carbonyl (C=O) groups is 3. The van der Waals surface area contributed by atoms with Crippen LogP contribution in [0.25, 0.3) is 6.08 Å². The van der Waals surface area contributed by atoms with Gasteiger partial charge in [-0.15, -0.1) is 11.8 Å². The van der Waals surface area contributed by atoms with E-state index in [1.165, 1.54) is 35.2 Å². The minimum atomic E-state index is -0.499. The van der Waals surface area contributed by atoms with Gasteiger partial charge in [0.25, 0.3) is 11.8 Å². The molecule has 9 heteroatoms. The zero-order valence-electron chi connectivity index (χ0n) is 21.0. The third-order valence-electron chi connectivity index (χ3n) is 5.55. The summed E-state index contributed by atoms with van der Waals surface area (Å²) in [4.78, 5) is 39.6. The van der Waals surface area contributed by atoms with Crippen molar-refractivity contribution in [3.05, 3.63) is 118 Å². The number of nitrogens with one attached hydrogen (secondary N) is 3. The van der Waals surface area contributed by atoms with Gasteiger partial charge in [-0.3, -0.25) is 14.4 Å². The van der Waals surface area contributed by atoms with Crippen molar-refractivity contribution in [1.82, 2.24) is 5.32 Å². The Labute approximate surface area is 234 Å². The lowest BCUT2D eigenvalue weighted by Gasteiger charge is -2.16. The highest BCUT2D eigenvalue weighted by molar-refractivity contribution is 8.00. The first-order valence-corrected chi connectivity index (χ1v) is 14.0. The number of carbonyl (C=O) groups excluding carboxylic acids is 3. The fraction of sp³-hybridized carbons (Fsp3) is 0.100. The second-order valence-corrected chi connectivity index (χ2v) is 10.5. The summed E-state index contributed by atoms with van der Waals surface area (Å²) in [6, 6.07) is 23.6. The largest absolute Gasteiger partial charge is 0.323 e. The molecule has 39 heavy (non-hydrogen) atoms. The molecule has 0 radical (unpaired) electrons. The van der Waals surface area contributed by atoms with Crippen LogP contribution in [0.15, 0.2) is 106 Å². The molecule has 1 aromatic heterocycles. The number of halogens is 1. The molecule has 0 saturated heterocycles. The number of rotatable bonds is 10. The van der Waals surface area contributed by atoms with Crippen molar-refractivity contribution in [2.75, 3.05) is 10.6 Å². The Morgan fingerprint density at radius 1 is 0.949 bits per heavy atom. The highest BCUT2D eigenvalue weighted by atomic mass is 32.2. The predicted molar refractivity (Wildman–Crippen MR) is 156 cm³/mol. The van der Waals surface area contributed by atoms with E-state index >= 15 is 0 Å². The van der Waals surface area contributed by atoms with Crippen LogP contribution in [0.5, 0.6) is 0 Å². The van der Waals surface area contributed by atoms with E-state index in [1.807, 2.05) is 35.9 Å². The number of anilines is 2. The van der Waals surface area contributed by atoms with Gasteiger partial charge in [-0.1, -0.05) is 43.3 Å². The maximum Gasteiger partial charge on any atom is 0.272 e. The van der Waals surface area contributed by atoms with Crippen molar-refractivity contribution < 1.29 is 18.8 Å². The molecule has 0 aliphatic carbocycles. The lowest BCUT2D eigenvalue weighted by Crippen LogP contribution is -2.30. The molecule has 3 N–H and O–H groups in total. The Morgan fingerprint density at radius 2 is 1.72 bits per heavy atom. The maximum atomic E-state index is 14.0. The maximum absolute atomic E-state index is 14.0. The number of thiophene rings is 1. The molecule has 3 aromatic carbocycles. The third kappa shape index (κ3) is 7.89. The third-order valence-corrected chi connectivity index (χ3v) is 7.61. The summed E-state index contributed by atoms with van der Waals surface area (Å²) in [7, 11) is 0. The molecule has 4 rings (SSSR count). The van der Waals surface area contributed by atoms with Gasteiger partial charge in [0, 0.05) is 16.1 Å². The molecule has 1 heterocycles. The van der Waals surface area contributed by atoms with Gasteiger partial charge in [-0.2, -0.15) is 11.3 Å². The number of para-hydroxylation sites is 1. The molecular formula is C30H26FN3O3S2. The normalized spacial score (nSPS) is 11.9. The van der Waals surface area contributed by atoms with E-state index in [0.29, 0.717) is 17.7 Å². The fourth-order valence-corrected chi connectivity index (χ4v) is 5.21. The Balaban J connectivity index is 1.47. The molecule has 0 aliphatic heterocycles. The fourth-order valence-electron chi connectivity index (χ4n) is 3.57. The van der Waals surface area contributed by atoms with E-state index in [4.69, 9.17) is 0 Å². The molecule has 0 bridgehead atoms. The second-order valence-electron chi connectivity index (χ2n) is 8.40. The molecule has 0 spiro atoms. The lowest BCUT2D eigenvalue weighted by atomic mass is 10.2. The first kappa shape index (κ1) is 27.8. The van der Waals surface area contributed by atoms with E-state index in [9.17, 15) is 18.8 Å². The molecule has 1 unspecified atom stereocenters. The van der Waals surface area contributed by atoms with E-state index in [1.54, 1.807) is 60.7 Å². The second kappa shape index (κ2) is 13.5. The summed E-state index contributed by atoms with van der Waals surface area (Å²) < 4.78 is 14.0. The number of amides is 3. The van der Waals surface area contributed by atoms with Gasteiger partial charge in [0.2, 0.25) is 5.91 Å². The molecule has 3 amide bonds. The van der Waals surface area contributed by atoms with Crippen LogP contribution in [0.2, 0.25) is 0 Å². The Morgan fingerprint density at radius 3 is 2.44 bits per heavy atom. The molecule has 1 atom stereocenters. The average Bonchev–Trinajstić information content (AvgIpc) is 3.46. The lowest BCUT2D eigenvalue weighted by molar-refractivity contribution is -0.116. The molecule has 0 aliphatic rings. The first-order valence-electron chi connectivity index (χ1n) is 12.2. The highest BCUT2D eigenvalue weighted by Gasteiger charge is 2.20. The van der Waals surface area contributed by atoms with E-state index < -0.39 is 22.9 Å². The Hall–Kier alpha value is -4.21. The van der Waals surface area contributed by atoms with E-state index in [0.717, 1.165) is 10.5 Å². The Kier molecular flexibility index (Phi) is 9.66. The average molecular weight is 560 g/mol. The standard InChI is InChI=1S/C30H26FN3O3S2/c1-2-27(30(37)33-25-14-7-6-13-24(25)31)39-23-12-8-11-22(18-23)32-29(36)26(17-20-15-16-38-19-20)34-28(35)21-9-4-3-5-10-21/h3-19,27H,2H2,1H3,(H,32,36)(H,33,37)(H,34,35)/b26-17-. The monoisotopic (exact) mass is 559 g/mol. The Bertz CT molecular complexity index is 1470. The number of hydrogen-bond donors (Lipinski definition) is 3. The summed E-state index contributed by atoms with van der Waals surface area (Å²) in [5.41, 5.74) is 1.94. The van der Waals surface area contributed by atoms with Crippen molar-refractivity contribution in [2.24, 2.45) is 0 Å². The summed E-state index contributed by atoms with van der Waals surface area (Å²) in [6.45, 7) is 1.88. The van der Waals surface area contributed by atoms with E-state index in [2.05, 4.69) is 16.0 Å². The quantitative estimate of drug-likeness (QED) is 0.147. The predicted octanol–water partition coefficient (Wildman–Crippen LogP) is 6.81. The molecule has 0 fully saturated rings. The van der Waals surface area contributed by atoms with Crippen LogP contribution in [0.1, 0.15) is 29.3 Å². The number of thioether (sulfide) groups is 1. The van der Waals surface area contributed by atoms with Crippen LogP contribution in [0.3, 0.4) is 0 Å². The van der Waals surface area contributed by atoms with E-state index in [-0.39, 0.29) is 17.3 Å². The van der Waals surface area contributed by atoms with Gasteiger partial charge in [-0.05, 0) is 77.4 Å². The van der Waals surface area contributed by atoms with Crippen molar-refractivity contribution in [3.63, 3.8) is 0 Å². The summed E-state index contributed by atoms with van der Waals surface area (Å²) in [5, 5.41) is 11.5. The zero-order valence-corrected chi connectivity index (χ0v) is 22.7. The topological polar surface area (TPSA) is 87.3 Å². The molecule has 6 nitrogen and oxygen atoms in total. The van der Waals surface area contributed by atoms with Crippen LogP contribution < -0.4 is 16.0 Å². The van der Waals surface area contributed by atoms with Crippen LogP contribution in [-0.2, 0) is 9.59 Å². The van der Waals surface area contributed by atoms with Crippen LogP contribution in [0.4, 0.5) is 15.8 Å². The minimum Gasteiger partial charge on any atom is -0.323 e. The molecular weight excluding hydrogens is 533 g/mol. The van der Waals surface area contributed by atoms with Gasteiger partial charge in [0.05, 0.1) is 10.9 Å². The van der Waals surface area contributed by atoms with Crippen molar-refractivity contribution in [2.45, 2.75) is 23.5 Å². The highest BCUT2D eigenvalue weighted by Crippen LogP contribution is 2.29. The van der Waals surface area contributed by atoms with Gasteiger partial charge in [0.15, 0.2) is 0 Å². The van der Waals surface area contributed by atoms with Crippen molar-refractivity contribution in [3.8, 4) is 0 Å². The van der Waals surface area contributed by atoms with Gasteiger partial charge in [0.1, 0.15) is 11.5 Å². The first-order chi connectivity index (χ1) is 18.9. The summed E-state index contributed by atoms with van der Waals surface area (Å²) >= 11 is 2.79. The number of benzene rings is 3. The summed E-state index contributed by atoms with van der Waals surface area (Å²) in [6.07, 6.45) is 2.13. The zero-order chi connectivity index (χ0) is 27.6. The molecule has 0 saturated carbocycles. The van der Waals surface area contributed by atoms with Crippen molar-refractivity contribution >= 4 is 58.3 Å². The summed E-state index contributed by atoms with van der Waals surface area (Å²) in [5.74, 6) is -1.70. The van der Waals surface area contributed by atoms with Gasteiger partial charge < -0.3 is 16.0 Å².